The number of nitrogens with zero attached hydrogens (tertiary/aromatic N) is 1. The van der Waals surface area contributed by atoms with Crippen molar-refractivity contribution >= 4 is 5.91 Å². The van der Waals surface area contributed by atoms with Gasteiger partial charge in [0.25, 0.3) is 0 Å². The topological polar surface area (TPSA) is 61.8 Å². The lowest BCUT2D eigenvalue weighted by Gasteiger charge is -2.17. The van der Waals surface area contributed by atoms with Crippen LogP contribution in [0.2, 0.25) is 0 Å². The number of amides is 1. The van der Waals surface area contributed by atoms with Crippen LogP contribution < -0.4 is 5.32 Å². The molecule has 1 aliphatic rings. The zero-order chi connectivity index (χ0) is 11.3. The van der Waals surface area contributed by atoms with E-state index in [1.165, 1.54) is 0 Å². The van der Waals surface area contributed by atoms with Crippen LogP contribution in [-0.2, 0) is 9.53 Å². The largest absolute Gasteiger partial charge is 0.392 e. The van der Waals surface area contributed by atoms with Gasteiger partial charge >= 0.3 is 0 Å². The second-order valence-electron chi connectivity index (χ2n) is 4.10. The average molecular weight is 216 g/mol. The Morgan fingerprint density at radius 3 is 3.00 bits per heavy atom. The Hall–Kier alpha value is -0.650. The van der Waals surface area contributed by atoms with Crippen LogP contribution in [0.4, 0.5) is 0 Å². The molecule has 1 fully saturated rings. The molecule has 88 valence electrons. The Bertz CT molecular complexity index is 211. The van der Waals surface area contributed by atoms with E-state index in [-0.39, 0.29) is 18.1 Å². The molecule has 5 heteroatoms. The first-order valence-electron chi connectivity index (χ1n) is 5.30. The number of β-amino-alcohol motifs (C(OH)–C–C–N with tert-alkyl or cyclic N) is 1. The molecule has 15 heavy (non-hydrogen) atoms. The fraction of sp³-hybridized carbons (Fsp3) is 0.900. The van der Waals surface area contributed by atoms with Gasteiger partial charge in [0, 0.05) is 26.2 Å². The molecule has 1 heterocycles. The molecule has 0 radical (unpaired) electrons. The van der Waals surface area contributed by atoms with Gasteiger partial charge in [0.15, 0.2) is 0 Å². The van der Waals surface area contributed by atoms with E-state index >= 15 is 0 Å². The fourth-order valence-corrected chi connectivity index (χ4v) is 1.77. The van der Waals surface area contributed by atoms with Gasteiger partial charge in [-0.05, 0) is 13.3 Å². The Balaban J connectivity index is 2.18. The van der Waals surface area contributed by atoms with Crippen molar-refractivity contribution in [1.82, 2.24) is 10.2 Å². The predicted octanol–water partition coefficient (Wildman–Crippen LogP) is -0.796. The van der Waals surface area contributed by atoms with Crippen LogP contribution in [0.1, 0.15) is 13.3 Å². The molecule has 1 saturated heterocycles. The minimum atomic E-state index is -0.269. The van der Waals surface area contributed by atoms with Gasteiger partial charge in [-0.25, -0.2) is 0 Å². The number of rotatable bonds is 5. The van der Waals surface area contributed by atoms with Gasteiger partial charge in [-0.1, -0.05) is 0 Å². The lowest BCUT2D eigenvalue weighted by atomic mass is 10.3. The first kappa shape index (κ1) is 12.4. The van der Waals surface area contributed by atoms with Crippen molar-refractivity contribution in [3.8, 4) is 0 Å². The number of hydrogen-bond donors (Lipinski definition) is 2. The number of ether oxygens (including phenoxy) is 1. The third-order valence-corrected chi connectivity index (χ3v) is 2.44. The molecule has 1 unspecified atom stereocenters. The Morgan fingerprint density at radius 1 is 1.73 bits per heavy atom. The summed E-state index contributed by atoms with van der Waals surface area (Å²) in [5.41, 5.74) is 0. The van der Waals surface area contributed by atoms with Crippen LogP contribution in [0, 0.1) is 0 Å². The van der Waals surface area contributed by atoms with E-state index in [1.54, 1.807) is 7.11 Å². The highest BCUT2D eigenvalue weighted by atomic mass is 16.5. The monoisotopic (exact) mass is 216 g/mol. The molecule has 2 atom stereocenters. The van der Waals surface area contributed by atoms with E-state index in [1.807, 2.05) is 11.8 Å². The summed E-state index contributed by atoms with van der Waals surface area (Å²) in [5, 5.41) is 12.1. The molecular weight excluding hydrogens is 196 g/mol. The maximum Gasteiger partial charge on any atom is 0.234 e. The summed E-state index contributed by atoms with van der Waals surface area (Å²) < 4.78 is 4.92. The van der Waals surface area contributed by atoms with Gasteiger partial charge in [-0.15, -0.1) is 0 Å². The highest BCUT2D eigenvalue weighted by molar-refractivity contribution is 5.78. The van der Waals surface area contributed by atoms with Crippen molar-refractivity contribution in [2.45, 2.75) is 25.5 Å². The van der Waals surface area contributed by atoms with Gasteiger partial charge in [-0.2, -0.15) is 0 Å². The SMILES string of the molecule is COCC(C)NC(=O)CN1CC[C@H](O)C1. The molecular formula is C10H20N2O3. The lowest BCUT2D eigenvalue weighted by Crippen LogP contribution is -2.42. The molecule has 5 nitrogen and oxygen atoms in total. The minimum absolute atomic E-state index is 0.00588. The van der Waals surface area contributed by atoms with Gasteiger partial charge in [0.05, 0.1) is 19.3 Å². The van der Waals surface area contributed by atoms with Crippen molar-refractivity contribution < 1.29 is 14.6 Å². The maximum absolute atomic E-state index is 11.5. The first-order valence-corrected chi connectivity index (χ1v) is 5.30. The molecule has 1 amide bonds. The Kier molecular flexibility index (Phi) is 5.01. The second-order valence-corrected chi connectivity index (χ2v) is 4.10. The van der Waals surface area contributed by atoms with E-state index < -0.39 is 0 Å². The number of carbonyl (C=O) groups excluding carboxylic acids is 1. The van der Waals surface area contributed by atoms with Crippen molar-refractivity contribution in [3.05, 3.63) is 0 Å². The summed E-state index contributed by atoms with van der Waals surface area (Å²) in [6, 6.07) is 0.0371. The van der Waals surface area contributed by atoms with Crippen molar-refractivity contribution in [2.75, 3.05) is 33.4 Å². The third kappa shape index (κ3) is 4.59. The number of hydrogen-bond acceptors (Lipinski definition) is 4. The molecule has 0 bridgehead atoms. The third-order valence-electron chi connectivity index (χ3n) is 2.44. The Morgan fingerprint density at radius 2 is 2.47 bits per heavy atom. The molecule has 0 spiro atoms. The van der Waals surface area contributed by atoms with Crippen molar-refractivity contribution in [1.29, 1.82) is 0 Å². The predicted molar refractivity (Wildman–Crippen MR) is 56.5 cm³/mol. The number of carbonyl (C=O) groups is 1. The van der Waals surface area contributed by atoms with E-state index in [2.05, 4.69) is 5.32 Å². The van der Waals surface area contributed by atoms with Crippen molar-refractivity contribution in [3.63, 3.8) is 0 Å². The quantitative estimate of drug-likeness (QED) is 0.632. The highest BCUT2D eigenvalue weighted by Crippen LogP contribution is 2.07. The standard InChI is InChI=1S/C10H20N2O3/c1-8(7-15-2)11-10(14)6-12-4-3-9(13)5-12/h8-9,13H,3-7H2,1-2H3,(H,11,14)/t8?,9-/m0/s1. The molecule has 0 aromatic heterocycles. The van der Waals surface area contributed by atoms with E-state index in [0.29, 0.717) is 19.7 Å². The second kappa shape index (κ2) is 6.05. The molecule has 2 N–H and O–H groups in total. The Labute approximate surface area is 90.4 Å². The molecule has 1 rings (SSSR count). The molecule has 0 aromatic carbocycles. The number of aliphatic hydroxyl groups excluding tert-OH is 1. The highest BCUT2D eigenvalue weighted by Gasteiger charge is 2.22. The number of methoxy groups -OCH3 is 1. The van der Waals surface area contributed by atoms with Crippen LogP contribution in [0.25, 0.3) is 0 Å². The smallest absolute Gasteiger partial charge is 0.234 e. The van der Waals surface area contributed by atoms with Gasteiger partial charge in [0.2, 0.25) is 5.91 Å². The molecule has 1 aliphatic heterocycles. The van der Waals surface area contributed by atoms with Gasteiger partial charge in [0.1, 0.15) is 0 Å². The van der Waals surface area contributed by atoms with Gasteiger partial charge in [-0.3, -0.25) is 9.69 Å². The van der Waals surface area contributed by atoms with Crippen LogP contribution in [-0.4, -0.2) is 61.4 Å². The summed E-state index contributed by atoms with van der Waals surface area (Å²) >= 11 is 0. The van der Waals surface area contributed by atoms with Crippen LogP contribution in [0.5, 0.6) is 0 Å². The summed E-state index contributed by atoms with van der Waals surface area (Å²) in [5.74, 6) is -0.00588. The zero-order valence-electron chi connectivity index (χ0n) is 9.40. The maximum atomic E-state index is 11.5. The van der Waals surface area contributed by atoms with Crippen LogP contribution >= 0.6 is 0 Å². The number of aliphatic hydroxyl groups is 1. The number of nitrogens with one attached hydrogen (secondary N) is 1. The fourth-order valence-electron chi connectivity index (χ4n) is 1.77. The summed E-state index contributed by atoms with van der Waals surface area (Å²) in [7, 11) is 1.61. The summed E-state index contributed by atoms with van der Waals surface area (Å²) in [6.07, 6.45) is 0.496. The van der Waals surface area contributed by atoms with Gasteiger partial charge < -0.3 is 15.2 Å². The van der Waals surface area contributed by atoms with Crippen molar-refractivity contribution in [2.24, 2.45) is 0 Å². The normalized spacial score (nSPS) is 24.1. The van der Waals surface area contributed by atoms with E-state index in [4.69, 9.17) is 4.74 Å². The summed E-state index contributed by atoms with van der Waals surface area (Å²) in [4.78, 5) is 13.5. The summed E-state index contributed by atoms with van der Waals surface area (Å²) in [6.45, 7) is 4.19. The van der Waals surface area contributed by atoms with E-state index in [0.717, 1.165) is 13.0 Å². The van der Waals surface area contributed by atoms with Crippen LogP contribution in [0.15, 0.2) is 0 Å². The first-order chi connectivity index (χ1) is 7.11. The van der Waals surface area contributed by atoms with E-state index in [9.17, 15) is 9.90 Å². The zero-order valence-corrected chi connectivity index (χ0v) is 9.40. The minimum Gasteiger partial charge on any atom is -0.392 e. The number of likely N-dealkylation sites (tertiary alicyclic amines) is 1. The lowest BCUT2D eigenvalue weighted by molar-refractivity contribution is -0.123. The molecule has 0 aromatic rings. The molecule has 0 aliphatic carbocycles. The van der Waals surface area contributed by atoms with Crippen LogP contribution in [0.3, 0.4) is 0 Å². The molecule has 0 saturated carbocycles. The average Bonchev–Trinajstić information content (AvgIpc) is 2.51.